The van der Waals surface area contributed by atoms with Crippen LogP contribution in [0.4, 0.5) is 0 Å². The number of aliphatic hydroxyl groups excluding tert-OH is 1. The molecule has 0 aromatic carbocycles. The Hall–Kier alpha value is -0.0551. The summed E-state index contributed by atoms with van der Waals surface area (Å²) >= 11 is 0. The molecule has 4 heteroatoms. The van der Waals surface area contributed by atoms with Crippen LogP contribution in [0.2, 0.25) is 0 Å². The van der Waals surface area contributed by atoms with Crippen LogP contribution in [0, 0.1) is 0 Å². The van der Waals surface area contributed by atoms with Gasteiger partial charge in [-0.25, -0.2) is 0 Å². The van der Waals surface area contributed by atoms with Gasteiger partial charge in [-0.15, -0.1) is 0 Å². The summed E-state index contributed by atoms with van der Waals surface area (Å²) in [5.41, 5.74) is 0. The molecule has 0 aliphatic carbocycles. The van der Waals surface area contributed by atoms with Crippen molar-refractivity contribution in [3.63, 3.8) is 0 Å². The largest absolute Gasteiger partial charge is 0.484 e. The van der Waals surface area contributed by atoms with Gasteiger partial charge in [0.05, 0.1) is 19.7 Å². The predicted molar refractivity (Wildman–Crippen MR) is 24.7 cm³/mol. The van der Waals surface area contributed by atoms with E-state index in [1.165, 1.54) is 0 Å². The topological polar surface area (TPSA) is 38.7 Å². The van der Waals surface area contributed by atoms with E-state index in [2.05, 4.69) is 0 Å². The second kappa shape index (κ2) is 2.30. The minimum atomic E-state index is -0.347. The summed E-state index contributed by atoms with van der Waals surface area (Å²) in [5, 5.41) is 8.32. The number of aliphatic hydroxyl groups is 1. The summed E-state index contributed by atoms with van der Waals surface area (Å²) in [7, 11) is -0.347. The Morgan fingerprint density at radius 2 is 2.00 bits per heavy atom. The van der Waals surface area contributed by atoms with E-state index in [0.29, 0.717) is 13.2 Å². The molecule has 1 rings (SSSR count). The first-order valence-corrected chi connectivity index (χ1v) is 2.27. The molecule has 1 heterocycles. The lowest BCUT2D eigenvalue weighted by Crippen LogP contribution is -2.19. The van der Waals surface area contributed by atoms with Gasteiger partial charge < -0.3 is 14.4 Å². The Morgan fingerprint density at radius 1 is 1.43 bits per heavy atom. The maximum absolute atomic E-state index is 8.32. The Balaban J connectivity index is 2.14. The fraction of sp³-hybridized carbons (Fsp3) is 1.00. The second-order valence-electron chi connectivity index (χ2n) is 1.35. The van der Waals surface area contributed by atoms with Crippen molar-refractivity contribution >= 4 is 7.12 Å². The first kappa shape index (κ1) is 5.09. The zero-order valence-corrected chi connectivity index (χ0v) is 3.96. The SMILES string of the molecule is OCB1OCCO1. The van der Waals surface area contributed by atoms with Gasteiger partial charge in [0.15, 0.2) is 0 Å². The number of hydrogen-bond acceptors (Lipinski definition) is 3. The van der Waals surface area contributed by atoms with E-state index in [4.69, 9.17) is 14.4 Å². The summed E-state index contributed by atoms with van der Waals surface area (Å²) in [4.78, 5) is 0. The van der Waals surface area contributed by atoms with E-state index in [-0.39, 0.29) is 13.6 Å². The Labute approximate surface area is 42.4 Å². The van der Waals surface area contributed by atoms with Gasteiger partial charge in [-0.05, 0) is 0 Å². The molecule has 1 aliphatic rings. The maximum atomic E-state index is 8.32. The second-order valence-corrected chi connectivity index (χ2v) is 1.35. The van der Waals surface area contributed by atoms with Crippen molar-refractivity contribution in [1.29, 1.82) is 0 Å². The fourth-order valence-corrected chi connectivity index (χ4v) is 0.513. The van der Waals surface area contributed by atoms with Crippen molar-refractivity contribution in [3.8, 4) is 0 Å². The lowest BCUT2D eigenvalue weighted by Gasteiger charge is -1.93. The van der Waals surface area contributed by atoms with Crippen molar-refractivity contribution in [1.82, 2.24) is 0 Å². The van der Waals surface area contributed by atoms with Crippen LogP contribution < -0.4 is 0 Å². The molecule has 0 unspecified atom stereocenters. The van der Waals surface area contributed by atoms with Gasteiger partial charge >= 0.3 is 7.12 Å². The van der Waals surface area contributed by atoms with Gasteiger partial charge in [-0.2, -0.15) is 0 Å². The maximum Gasteiger partial charge on any atom is 0.484 e. The van der Waals surface area contributed by atoms with Gasteiger partial charge in [0.25, 0.3) is 0 Å². The lowest BCUT2D eigenvalue weighted by molar-refractivity contribution is 0.282. The van der Waals surface area contributed by atoms with Crippen LogP contribution in [0.15, 0.2) is 0 Å². The first-order chi connectivity index (χ1) is 3.43. The molecule has 0 saturated carbocycles. The van der Waals surface area contributed by atoms with Crippen LogP contribution in [-0.4, -0.2) is 31.9 Å². The summed E-state index contributed by atoms with van der Waals surface area (Å²) < 4.78 is 9.66. The zero-order chi connectivity index (χ0) is 5.11. The first-order valence-electron chi connectivity index (χ1n) is 2.27. The molecule has 0 aromatic rings. The van der Waals surface area contributed by atoms with Crippen molar-refractivity contribution in [2.24, 2.45) is 0 Å². The predicted octanol–water partition coefficient (Wildman–Crippen LogP) is -0.947. The summed E-state index contributed by atoms with van der Waals surface area (Å²) in [6, 6.07) is 0. The average Bonchev–Trinajstić information content (AvgIpc) is 2.14. The highest BCUT2D eigenvalue weighted by atomic mass is 16.6. The highest BCUT2D eigenvalue weighted by Crippen LogP contribution is 1.95. The molecule has 1 saturated heterocycles. The number of rotatable bonds is 1. The van der Waals surface area contributed by atoms with Crippen molar-refractivity contribution in [3.05, 3.63) is 0 Å². The highest BCUT2D eigenvalue weighted by molar-refractivity contribution is 6.44. The quantitative estimate of drug-likeness (QED) is 0.434. The molecule has 1 N–H and O–H groups in total. The molecule has 0 spiro atoms. The Bertz CT molecular complexity index is 52.1. The Kier molecular flexibility index (Phi) is 1.67. The zero-order valence-electron chi connectivity index (χ0n) is 3.96. The molecule has 0 aromatic heterocycles. The average molecular weight is 102 g/mol. The van der Waals surface area contributed by atoms with E-state index < -0.39 is 0 Å². The molecular weight excluding hydrogens is 94.8 g/mol. The molecular formula is C3H7BO3. The molecule has 7 heavy (non-hydrogen) atoms. The van der Waals surface area contributed by atoms with E-state index in [9.17, 15) is 0 Å². The van der Waals surface area contributed by atoms with E-state index >= 15 is 0 Å². The van der Waals surface area contributed by atoms with Gasteiger partial charge in [0.1, 0.15) is 0 Å². The highest BCUT2D eigenvalue weighted by Gasteiger charge is 2.21. The van der Waals surface area contributed by atoms with E-state index in [0.717, 1.165) is 0 Å². The Morgan fingerprint density at radius 3 is 2.29 bits per heavy atom. The molecule has 0 bridgehead atoms. The van der Waals surface area contributed by atoms with E-state index in [1.54, 1.807) is 0 Å². The minimum absolute atomic E-state index is 0.0278. The smallest absolute Gasteiger partial charge is 0.407 e. The molecule has 1 aliphatic heterocycles. The monoisotopic (exact) mass is 102 g/mol. The van der Waals surface area contributed by atoms with Gasteiger partial charge in [0.2, 0.25) is 0 Å². The molecule has 0 amide bonds. The lowest BCUT2D eigenvalue weighted by atomic mass is 9.94. The van der Waals surface area contributed by atoms with Gasteiger partial charge in [-0.3, -0.25) is 0 Å². The van der Waals surface area contributed by atoms with Crippen LogP contribution in [0.25, 0.3) is 0 Å². The third-order valence-corrected chi connectivity index (χ3v) is 0.840. The van der Waals surface area contributed by atoms with Gasteiger partial charge in [0, 0.05) is 0 Å². The van der Waals surface area contributed by atoms with Crippen LogP contribution in [-0.2, 0) is 9.31 Å². The molecule has 1 fully saturated rings. The van der Waals surface area contributed by atoms with Crippen molar-refractivity contribution in [2.45, 2.75) is 0 Å². The molecule has 0 atom stereocenters. The minimum Gasteiger partial charge on any atom is -0.407 e. The van der Waals surface area contributed by atoms with Crippen LogP contribution in [0.3, 0.4) is 0 Å². The van der Waals surface area contributed by atoms with Crippen LogP contribution >= 0.6 is 0 Å². The summed E-state index contributed by atoms with van der Waals surface area (Å²) in [6.07, 6.45) is 0. The molecule has 40 valence electrons. The van der Waals surface area contributed by atoms with Crippen LogP contribution in [0.5, 0.6) is 0 Å². The molecule has 0 radical (unpaired) electrons. The fourth-order valence-electron chi connectivity index (χ4n) is 0.513. The third-order valence-electron chi connectivity index (χ3n) is 0.840. The summed E-state index contributed by atoms with van der Waals surface area (Å²) in [6.45, 7) is 1.20. The van der Waals surface area contributed by atoms with Gasteiger partial charge in [-0.1, -0.05) is 0 Å². The summed E-state index contributed by atoms with van der Waals surface area (Å²) in [5.74, 6) is 0. The van der Waals surface area contributed by atoms with Crippen molar-refractivity contribution in [2.75, 3.05) is 19.7 Å². The van der Waals surface area contributed by atoms with E-state index in [1.807, 2.05) is 0 Å². The van der Waals surface area contributed by atoms with Crippen LogP contribution in [0.1, 0.15) is 0 Å². The molecule has 3 nitrogen and oxygen atoms in total. The normalized spacial score (nSPS) is 21.0. The third kappa shape index (κ3) is 1.16. The standard InChI is InChI=1S/C3H7BO3/c5-3-4-6-1-2-7-4/h5H,1-3H2. The number of hydrogen-bond donors (Lipinski definition) is 1. The van der Waals surface area contributed by atoms with Crippen molar-refractivity contribution < 1.29 is 14.4 Å².